The monoisotopic (exact) mass is 432 g/mol. The SMILES string of the molecule is O=C(c1ccc(Cl)cc1Cl)N1CCN=C1SCc1ccc(C(F)(F)F)cc1. The molecule has 1 aliphatic rings. The van der Waals surface area contributed by atoms with Crippen LogP contribution in [0.15, 0.2) is 47.5 Å². The number of nitrogens with zero attached hydrogens (tertiary/aromatic N) is 2. The van der Waals surface area contributed by atoms with Crippen LogP contribution in [0.4, 0.5) is 13.2 Å². The summed E-state index contributed by atoms with van der Waals surface area (Å²) < 4.78 is 37.9. The molecule has 3 nitrogen and oxygen atoms in total. The molecule has 142 valence electrons. The average molecular weight is 433 g/mol. The first kappa shape index (κ1) is 20.0. The van der Waals surface area contributed by atoms with Gasteiger partial charge in [-0.3, -0.25) is 14.7 Å². The maximum atomic E-state index is 12.7. The van der Waals surface area contributed by atoms with Gasteiger partial charge in [-0.2, -0.15) is 13.2 Å². The minimum absolute atomic E-state index is 0.256. The lowest BCUT2D eigenvalue weighted by molar-refractivity contribution is -0.137. The molecule has 0 fully saturated rings. The fraction of sp³-hybridized carbons (Fsp3) is 0.222. The van der Waals surface area contributed by atoms with E-state index in [0.717, 1.165) is 12.1 Å². The fourth-order valence-corrected chi connectivity index (χ4v) is 3.97. The number of thioether (sulfide) groups is 1. The van der Waals surface area contributed by atoms with Gasteiger partial charge in [-0.1, -0.05) is 47.1 Å². The molecule has 0 spiro atoms. The molecule has 1 heterocycles. The van der Waals surface area contributed by atoms with E-state index < -0.39 is 11.7 Å². The highest BCUT2D eigenvalue weighted by molar-refractivity contribution is 8.13. The molecule has 0 bridgehead atoms. The van der Waals surface area contributed by atoms with Gasteiger partial charge >= 0.3 is 6.18 Å². The van der Waals surface area contributed by atoms with Crippen LogP contribution in [0.3, 0.4) is 0 Å². The molecule has 2 aromatic rings. The second-order valence-corrected chi connectivity index (χ2v) is 7.51. The Balaban J connectivity index is 1.67. The van der Waals surface area contributed by atoms with E-state index in [1.54, 1.807) is 12.1 Å². The van der Waals surface area contributed by atoms with Gasteiger partial charge in [0.05, 0.1) is 22.7 Å². The van der Waals surface area contributed by atoms with Gasteiger partial charge in [-0.05, 0) is 35.9 Å². The number of carbonyl (C=O) groups is 1. The third-order valence-electron chi connectivity index (χ3n) is 3.86. The second kappa shape index (κ2) is 8.12. The van der Waals surface area contributed by atoms with E-state index >= 15 is 0 Å². The van der Waals surface area contributed by atoms with E-state index in [4.69, 9.17) is 23.2 Å². The van der Waals surface area contributed by atoms with Crippen LogP contribution in [-0.2, 0) is 11.9 Å². The Labute approximate surface area is 168 Å². The summed E-state index contributed by atoms with van der Waals surface area (Å²) in [5.41, 5.74) is 0.342. The number of aliphatic imine (C=N–C) groups is 1. The highest BCUT2D eigenvalue weighted by atomic mass is 35.5. The van der Waals surface area contributed by atoms with Crippen LogP contribution in [0, 0.1) is 0 Å². The predicted molar refractivity (Wildman–Crippen MR) is 103 cm³/mol. The summed E-state index contributed by atoms with van der Waals surface area (Å²) >= 11 is 13.3. The van der Waals surface area contributed by atoms with Crippen LogP contribution in [0.25, 0.3) is 0 Å². The molecular weight excluding hydrogens is 420 g/mol. The van der Waals surface area contributed by atoms with Crippen molar-refractivity contribution in [3.05, 3.63) is 69.2 Å². The van der Waals surface area contributed by atoms with Crippen molar-refractivity contribution in [1.29, 1.82) is 0 Å². The minimum atomic E-state index is -4.36. The summed E-state index contributed by atoms with van der Waals surface area (Å²) in [5, 5.41) is 1.21. The molecule has 0 unspecified atom stereocenters. The first-order valence-electron chi connectivity index (χ1n) is 7.86. The van der Waals surface area contributed by atoms with Crippen molar-refractivity contribution in [2.45, 2.75) is 11.9 Å². The number of hydrogen-bond acceptors (Lipinski definition) is 3. The summed E-state index contributed by atoms with van der Waals surface area (Å²) in [6.45, 7) is 0.888. The predicted octanol–water partition coefficient (Wildman–Crippen LogP) is 5.76. The van der Waals surface area contributed by atoms with Crippen molar-refractivity contribution in [1.82, 2.24) is 4.90 Å². The van der Waals surface area contributed by atoms with Crippen LogP contribution in [-0.4, -0.2) is 29.1 Å². The Hall–Kier alpha value is -1.70. The lowest BCUT2D eigenvalue weighted by Crippen LogP contribution is -2.33. The fourth-order valence-electron chi connectivity index (χ4n) is 2.48. The summed E-state index contributed by atoms with van der Waals surface area (Å²) in [6.07, 6.45) is -4.36. The minimum Gasteiger partial charge on any atom is -0.286 e. The third-order valence-corrected chi connectivity index (χ3v) is 5.49. The van der Waals surface area contributed by atoms with E-state index in [1.807, 2.05) is 0 Å². The molecular formula is C18H13Cl2F3N2OS. The first-order valence-corrected chi connectivity index (χ1v) is 9.60. The third kappa shape index (κ3) is 4.78. The van der Waals surface area contributed by atoms with Crippen LogP contribution >= 0.6 is 35.0 Å². The van der Waals surface area contributed by atoms with E-state index in [1.165, 1.54) is 34.9 Å². The first-order chi connectivity index (χ1) is 12.8. The summed E-state index contributed by atoms with van der Waals surface area (Å²) in [7, 11) is 0. The number of rotatable bonds is 3. The average Bonchev–Trinajstić information content (AvgIpc) is 3.07. The van der Waals surface area contributed by atoms with E-state index in [0.29, 0.717) is 40.2 Å². The Morgan fingerprint density at radius 2 is 1.85 bits per heavy atom. The van der Waals surface area contributed by atoms with Gasteiger partial charge in [-0.15, -0.1) is 0 Å². The Morgan fingerprint density at radius 1 is 1.15 bits per heavy atom. The van der Waals surface area contributed by atoms with Gasteiger partial charge in [0.25, 0.3) is 5.91 Å². The molecule has 0 radical (unpaired) electrons. The van der Waals surface area contributed by atoms with Gasteiger partial charge in [0.2, 0.25) is 0 Å². The smallest absolute Gasteiger partial charge is 0.286 e. The summed E-state index contributed by atoms with van der Waals surface area (Å²) in [4.78, 5) is 18.6. The quantitative estimate of drug-likeness (QED) is 0.617. The summed E-state index contributed by atoms with van der Waals surface area (Å²) in [6, 6.07) is 9.58. The number of hydrogen-bond donors (Lipinski definition) is 0. The number of benzene rings is 2. The second-order valence-electron chi connectivity index (χ2n) is 5.73. The molecule has 0 saturated carbocycles. The zero-order valence-electron chi connectivity index (χ0n) is 13.8. The van der Waals surface area contributed by atoms with Crippen molar-refractivity contribution < 1.29 is 18.0 Å². The number of carbonyl (C=O) groups excluding carboxylic acids is 1. The van der Waals surface area contributed by atoms with Crippen LogP contribution in [0.5, 0.6) is 0 Å². The standard InChI is InChI=1S/C18H13Cl2F3N2OS/c19-13-5-6-14(15(20)9-13)16(26)25-8-7-24-17(25)27-10-11-1-3-12(4-2-11)18(21,22)23/h1-6,9H,7-8,10H2. The molecule has 0 saturated heterocycles. The molecule has 0 atom stereocenters. The number of amides is 1. The molecule has 27 heavy (non-hydrogen) atoms. The van der Waals surface area contributed by atoms with Crippen molar-refractivity contribution in [2.24, 2.45) is 4.99 Å². The number of alkyl halides is 3. The molecule has 1 aliphatic heterocycles. The Bertz CT molecular complexity index is 885. The van der Waals surface area contributed by atoms with Crippen LogP contribution in [0.1, 0.15) is 21.5 Å². The molecule has 2 aromatic carbocycles. The Kier molecular flexibility index (Phi) is 6.03. The van der Waals surface area contributed by atoms with Gasteiger partial charge in [-0.25, -0.2) is 0 Å². The number of amidine groups is 1. The van der Waals surface area contributed by atoms with Gasteiger partial charge in [0.15, 0.2) is 5.17 Å². The normalized spacial score (nSPS) is 14.4. The van der Waals surface area contributed by atoms with Crippen molar-refractivity contribution >= 4 is 46.0 Å². The van der Waals surface area contributed by atoms with Gasteiger partial charge < -0.3 is 0 Å². The maximum Gasteiger partial charge on any atom is 0.416 e. The van der Waals surface area contributed by atoms with Crippen LogP contribution in [0.2, 0.25) is 10.0 Å². The van der Waals surface area contributed by atoms with Crippen molar-refractivity contribution in [3.63, 3.8) is 0 Å². The molecule has 0 aromatic heterocycles. The molecule has 0 N–H and O–H groups in total. The topological polar surface area (TPSA) is 32.7 Å². The molecule has 9 heteroatoms. The number of halogens is 5. The van der Waals surface area contributed by atoms with Gasteiger partial charge in [0.1, 0.15) is 0 Å². The lowest BCUT2D eigenvalue weighted by Gasteiger charge is -2.18. The lowest BCUT2D eigenvalue weighted by atomic mass is 10.1. The van der Waals surface area contributed by atoms with Crippen molar-refractivity contribution in [3.8, 4) is 0 Å². The van der Waals surface area contributed by atoms with E-state index in [9.17, 15) is 18.0 Å². The maximum absolute atomic E-state index is 12.7. The largest absolute Gasteiger partial charge is 0.416 e. The zero-order valence-corrected chi connectivity index (χ0v) is 16.1. The zero-order chi connectivity index (χ0) is 19.6. The van der Waals surface area contributed by atoms with E-state index in [2.05, 4.69) is 4.99 Å². The molecule has 0 aliphatic carbocycles. The highest BCUT2D eigenvalue weighted by Gasteiger charge is 2.30. The van der Waals surface area contributed by atoms with Gasteiger partial charge in [0, 0.05) is 17.3 Å². The molecule has 3 rings (SSSR count). The van der Waals surface area contributed by atoms with Crippen molar-refractivity contribution in [2.75, 3.05) is 13.1 Å². The highest BCUT2D eigenvalue weighted by Crippen LogP contribution is 2.30. The Morgan fingerprint density at radius 3 is 2.48 bits per heavy atom. The van der Waals surface area contributed by atoms with Crippen LogP contribution < -0.4 is 0 Å². The molecule has 1 amide bonds. The van der Waals surface area contributed by atoms with E-state index in [-0.39, 0.29) is 10.9 Å². The summed E-state index contributed by atoms with van der Waals surface area (Å²) in [5.74, 6) is 0.114.